The van der Waals surface area contributed by atoms with Crippen LogP contribution in [0.3, 0.4) is 0 Å². The summed E-state index contributed by atoms with van der Waals surface area (Å²) in [7, 11) is 1.52. The third-order valence-electron chi connectivity index (χ3n) is 5.63. The first-order valence-corrected chi connectivity index (χ1v) is 10.1. The van der Waals surface area contributed by atoms with E-state index in [0.717, 1.165) is 11.1 Å². The lowest BCUT2D eigenvalue weighted by molar-refractivity contribution is -0.132. The van der Waals surface area contributed by atoms with E-state index in [1.54, 1.807) is 42.5 Å². The smallest absolute Gasteiger partial charge is 0.300 e. The van der Waals surface area contributed by atoms with Crippen LogP contribution in [0.2, 0.25) is 0 Å². The number of carbonyl (C=O) groups is 2. The van der Waals surface area contributed by atoms with E-state index in [4.69, 9.17) is 4.74 Å². The number of rotatable bonds is 4. The molecular formula is C26H23NO5. The van der Waals surface area contributed by atoms with Gasteiger partial charge in [0.25, 0.3) is 11.7 Å². The van der Waals surface area contributed by atoms with Crippen molar-refractivity contribution in [1.82, 2.24) is 0 Å². The number of carbonyl (C=O) groups excluding carboxylic acids is 2. The number of anilines is 1. The van der Waals surface area contributed by atoms with Gasteiger partial charge in [-0.3, -0.25) is 14.5 Å². The van der Waals surface area contributed by atoms with Gasteiger partial charge in [-0.25, -0.2) is 0 Å². The number of methoxy groups -OCH3 is 1. The Morgan fingerprint density at radius 2 is 1.69 bits per heavy atom. The molecule has 1 aliphatic heterocycles. The van der Waals surface area contributed by atoms with Crippen molar-refractivity contribution < 1.29 is 24.5 Å². The molecule has 1 atom stereocenters. The van der Waals surface area contributed by atoms with Crippen LogP contribution in [0.4, 0.5) is 5.69 Å². The highest BCUT2D eigenvalue weighted by atomic mass is 16.5. The molecule has 6 heteroatoms. The van der Waals surface area contributed by atoms with Crippen LogP contribution < -0.4 is 9.64 Å². The van der Waals surface area contributed by atoms with Crippen molar-refractivity contribution >= 4 is 23.1 Å². The lowest BCUT2D eigenvalue weighted by Gasteiger charge is -2.26. The van der Waals surface area contributed by atoms with E-state index in [2.05, 4.69) is 0 Å². The van der Waals surface area contributed by atoms with Gasteiger partial charge < -0.3 is 14.9 Å². The van der Waals surface area contributed by atoms with E-state index < -0.39 is 17.7 Å². The summed E-state index contributed by atoms with van der Waals surface area (Å²) in [4.78, 5) is 27.8. The quantitative estimate of drug-likeness (QED) is 0.358. The molecule has 0 saturated carbocycles. The summed E-state index contributed by atoms with van der Waals surface area (Å²) in [5, 5.41) is 21.0. The number of nitrogens with zero attached hydrogens (tertiary/aromatic N) is 1. The number of ether oxygens (including phenoxy) is 1. The van der Waals surface area contributed by atoms with Gasteiger partial charge in [-0.15, -0.1) is 0 Å². The summed E-state index contributed by atoms with van der Waals surface area (Å²) in [6.45, 7) is 3.73. The summed E-state index contributed by atoms with van der Waals surface area (Å²) >= 11 is 0. The van der Waals surface area contributed by atoms with Gasteiger partial charge in [0.2, 0.25) is 0 Å². The topological polar surface area (TPSA) is 87.1 Å². The third-order valence-corrected chi connectivity index (χ3v) is 5.63. The molecule has 1 heterocycles. The average Bonchev–Trinajstić information content (AvgIpc) is 3.06. The minimum absolute atomic E-state index is 0.00258. The van der Waals surface area contributed by atoms with Crippen LogP contribution in [0.5, 0.6) is 11.5 Å². The second-order valence-electron chi connectivity index (χ2n) is 7.78. The number of phenols is 1. The first kappa shape index (κ1) is 21.2. The van der Waals surface area contributed by atoms with Gasteiger partial charge in [0.1, 0.15) is 17.3 Å². The Balaban J connectivity index is 1.98. The van der Waals surface area contributed by atoms with E-state index in [1.165, 1.54) is 24.1 Å². The Hall–Kier alpha value is -4.06. The molecule has 0 aliphatic carbocycles. The van der Waals surface area contributed by atoms with Crippen molar-refractivity contribution in [3.63, 3.8) is 0 Å². The molecule has 162 valence electrons. The van der Waals surface area contributed by atoms with Crippen molar-refractivity contribution in [2.24, 2.45) is 0 Å². The summed E-state index contributed by atoms with van der Waals surface area (Å²) in [5.41, 5.74) is 3.24. The van der Waals surface area contributed by atoms with Crippen molar-refractivity contribution in [3.05, 3.63) is 94.6 Å². The van der Waals surface area contributed by atoms with Crippen LogP contribution in [0.1, 0.15) is 28.3 Å². The fraction of sp³-hybridized carbons (Fsp3) is 0.154. The van der Waals surface area contributed by atoms with Crippen LogP contribution in [0.15, 0.2) is 72.3 Å². The van der Waals surface area contributed by atoms with E-state index in [0.29, 0.717) is 22.6 Å². The normalized spacial score (nSPS) is 17.6. The number of ketones is 1. The summed E-state index contributed by atoms with van der Waals surface area (Å²) < 4.78 is 5.29. The molecule has 1 saturated heterocycles. The van der Waals surface area contributed by atoms with Crippen LogP contribution in [-0.2, 0) is 9.59 Å². The Morgan fingerprint density at radius 3 is 2.38 bits per heavy atom. The molecule has 1 unspecified atom stereocenters. The standard InChI is InChI=1S/C26H23NO5/c1-15-7-8-16(2)21(13-15)24(29)22-23(17-9-11-19(28)12-10-17)27(26(31)25(22)30)18-5-4-6-20(14-18)32-3/h4-14,23,28-29H,1-3H3/b24-22+. The number of hydrogen-bond acceptors (Lipinski definition) is 5. The van der Waals surface area contributed by atoms with Crippen LogP contribution >= 0.6 is 0 Å². The molecular weight excluding hydrogens is 406 g/mol. The zero-order valence-electron chi connectivity index (χ0n) is 18.0. The molecule has 1 aliphatic rings. The van der Waals surface area contributed by atoms with Crippen molar-refractivity contribution in [2.75, 3.05) is 12.0 Å². The van der Waals surface area contributed by atoms with Gasteiger partial charge in [0.05, 0.1) is 18.7 Å². The number of amides is 1. The molecule has 1 fully saturated rings. The highest BCUT2D eigenvalue weighted by Gasteiger charge is 2.47. The molecule has 0 spiro atoms. The molecule has 6 nitrogen and oxygen atoms in total. The highest BCUT2D eigenvalue weighted by Crippen LogP contribution is 2.43. The predicted molar refractivity (Wildman–Crippen MR) is 122 cm³/mol. The summed E-state index contributed by atoms with van der Waals surface area (Å²) in [6.07, 6.45) is 0. The lowest BCUT2D eigenvalue weighted by Crippen LogP contribution is -2.29. The minimum Gasteiger partial charge on any atom is -0.508 e. The zero-order valence-corrected chi connectivity index (χ0v) is 18.0. The molecule has 3 aromatic carbocycles. The second kappa shape index (κ2) is 8.23. The highest BCUT2D eigenvalue weighted by molar-refractivity contribution is 6.51. The Bertz CT molecular complexity index is 1240. The van der Waals surface area contributed by atoms with E-state index in [-0.39, 0.29) is 17.1 Å². The Labute approximate surface area is 186 Å². The number of hydrogen-bond donors (Lipinski definition) is 2. The largest absolute Gasteiger partial charge is 0.508 e. The molecule has 0 aromatic heterocycles. The number of phenolic OH excluding ortho intramolecular Hbond substituents is 1. The Kier molecular flexibility index (Phi) is 5.45. The molecule has 2 N–H and O–H groups in total. The van der Waals surface area contributed by atoms with Crippen molar-refractivity contribution in [3.8, 4) is 11.5 Å². The van der Waals surface area contributed by atoms with Gasteiger partial charge in [-0.2, -0.15) is 0 Å². The minimum atomic E-state index is -0.873. The fourth-order valence-electron chi connectivity index (χ4n) is 3.97. The van der Waals surface area contributed by atoms with Crippen LogP contribution in [-0.4, -0.2) is 29.0 Å². The van der Waals surface area contributed by atoms with Crippen LogP contribution in [0.25, 0.3) is 5.76 Å². The lowest BCUT2D eigenvalue weighted by atomic mass is 9.93. The number of aliphatic hydroxyl groups is 1. The van der Waals surface area contributed by atoms with Crippen LogP contribution in [0, 0.1) is 13.8 Å². The number of aromatic hydroxyl groups is 1. The monoisotopic (exact) mass is 429 g/mol. The zero-order chi connectivity index (χ0) is 23.0. The summed E-state index contributed by atoms with van der Waals surface area (Å²) in [5.74, 6) is -1.16. The molecule has 0 radical (unpaired) electrons. The third kappa shape index (κ3) is 3.60. The van der Waals surface area contributed by atoms with Gasteiger partial charge in [-0.05, 0) is 55.3 Å². The number of aryl methyl sites for hydroxylation is 2. The van der Waals surface area contributed by atoms with Gasteiger partial charge in [-0.1, -0.05) is 35.9 Å². The first-order valence-electron chi connectivity index (χ1n) is 10.1. The van der Waals surface area contributed by atoms with E-state index in [9.17, 15) is 19.8 Å². The molecule has 32 heavy (non-hydrogen) atoms. The van der Waals surface area contributed by atoms with Crippen molar-refractivity contribution in [2.45, 2.75) is 19.9 Å². The maximum atomic E-state index is 13.2. The predicted octanol–water partition coefficient (Wildman–Crippen LogP) is 4.64. The molecule has 4 rings (SSSR count). The molecule has 1 amide bonds. The summed E-state index contributed by atoms with van der Waals surface area (Å²) in [6, 6.07) is 17.8. The van der Waals surface area contributed by atoms with Gasteiger partial charge in [0.15, 0.2) is 0 Å². The molecule has 0 bridgehead atoms. The SMILES string of the molecule is COc1cccc(N2C(=O)C(=O)/C(=C(/O)c3cc(C)ccc3C)C2c2ccc(O)cc2)c1. The van der Waals surface area contributed by atoms with Gasteiger partial charge >= 0.3 is 0 Å². The molecule has 3 aromatic rings. The number of benzene rings is 3. The number of aliphatic hydroxyl groups excluding tert-OH is 1. The maximum absolute atomic E-state index is 13.2. The first-order chi connectivity index (χ1) is 15.3. The average molecular weight is 429 g/mol. The van der Waals surface area contributed by atoms with Gasteiger partial charge in [0, 0.05) is 17.3 Å². The number of Topliss-reactive ketones (excluding diaryl/α,β-unsaturated/α-hetero) is 1. The maximum Gasteiger partial charge on any atom is 0.300 e. The van der Waals surface area contributed by atoms with Crippen molar-refractivity contribution in [1.29, 1.82) is 0 Å². The van der Waals surface area contributed by atoms with E-state index >= 15 is 0 Å². The Morgan fingerprint density at radius 1 is 0.969 bits per heavy atom. The van der Waals surface area contributed by atoms with E-state index in [1.807, 2.05) is 26.0 Å². The second-order valence-corrected chi connectivity index (χ2v) is 7.78. The fourth-order valence-corrected chi connectivity index (χ4v) is 3.97.